The van der Waals surface area contributed by atoms with Crippen LogP contribution in [0.3, 0.4) is 0 Å². The summed E-state index contributed by atoms with van der Waals surface area (Å²) in [5.41, 5.74) is 0.471. The van der Waals surface area contributed by atoms with E-state index in [4.69, 9.17) is 0 Å². The van der Waals surface area contributed by atoms with E-state index in [0.717, 1.165) is 0 Å². The highest BCUT2D eigenvalue weighted by molar-refractivity contribution is 5.86. The normalized spacial score (nSPS) is 18.8. The first-order chi connectivity index (χ1) is 9.08. The van der Waals surface area contributed by atoms with E-state index in [9.17, 15) is 14.0 Å². The van der Waals surface area contributed by atoms with Crippen LogP contribution in [0.15, 0.2) is 24.3 Å². The molecule has 1 atom stereocenters. The Balaban J connectivity index is 1.96. The lowest BCUT2D eigenvalue weighted by atomic mass is 10.1. The van der Waals surface area contributed by atoms with Gasteiger partial charge in [0.05, 0.1) is 6.54 Å². The first-order valence-electron chi connectivity index (χ1n) is 6.06. The molecule has 2 rings (SSSR count). The summed E-state index contributed by atoms with van der Waals surface area (Å²) in [6.07, 6.45) is 0. The van der Waals surface area contributed by atoms with E-state index in [2.05, 4.69) is 10.6 Å². The zero-order valence-electron chi connectivity index (χ0n) is 10.6. The molecule has 5 nitrogen and oxygen atoms in total. The van der Waals surface area contributed by atoms with Crippen LogP contribution in [-0.4, -0.2) is 42.9 Å². The molecule has 1 heterocycles. The van der Waals surface area contributed by atoms with E-state index < -0.39 is 6.04 Å². The first-order valence-corrected chi connectivity index (χ1v) is 6.06. The summed E-state index contributed by atoms with van der Waals surface area (Å²) >= 11 is 0. The van der Waals surface area contributed by atoms with Crippen LogP contribution in [-0.2, 0) is 16.1 Å². The number of hydrogen-bond acceptors (Lipinski definition) is 3. The van der Waals surface area contributed by atoms with Crippen LogP contribution in [0.4, 0.5) is 4.39 Å². The molecule has 0 aliphatic carbocycles. The van der Waals surface area contributed by atoms with Gasteiger partial charge in [0.1, 0.15) is 11.9 Å². The SMILES string of the molecule is CN(Cc1ccccc1F)C(=O)C1CNC(=O)CN1. The van der Waals surface area contributed by atoms with Gasteiger partial charge in [0.15, 0.2) is 0 Å². The lowest BCUT2D eigenvalue weighted by molar-refractivity contribution is -0.134. The van der Waals surface area contributed by atoms with Gasteiger partial charge < -0.3 is 10.2 Å². The molecule has 1 fully saturated rings. The Kier molecular flexibility index (Phi) is 4.11. The second-order valence-electron chi connectivity index (χ2n) is 4.52. The Morgan fingerprint density at radius 3 is 2.84 bits per heavy atom. The summed E-state index contributed by atoms with van der Waals surface area (Å²) in [5.74, 6) is -0.615. The van der Waals surface area contributed by atoms with Crippen LogP contribution in [0.25, 0.3) is 0 Å². The van der Waals surface area contributed by atoms with Gasteiger partial charge in [0, 0.05) is 25.7 Å². The van der Waals surface area contributed by atoms with Gasteiger partial charge in [-0.05, 0) is 6.07 Å². The van der Waals surface area contributed by atoms with Gasteiger partial charge in [0.2, 0.25) is 11.8 Å². The van der Waals surface area contributed by atoms with E-state index in [1.54, 1.807) is 25.2 Å². The summed E-state index contributed by atoms with van der Waals surface area (Å²) < 4.78 is 13.5. The average Bonchev–Trinajstić information content (AvgIpc) is 2.41. The molecule has 0 bridgehead atoms. The zero-order chi connectivity index (χ0) is 13.8. The van der Waals surface area contributed by atoms with Crippen molar-refractivity contribution in [2.75, 3.05) is 20.1 Å². The lowest BCUT2D eigenvalue weighted by Gasteiger charge is -2.27. The smallest absolute Gasteiger partial charge is 0.241 e. The van der Waals surface area contributed by atoms with Crippen LogP contribution in [0.1, 0.15) is 5.56 Å². The Morgan fingerprint density at radius 1 is 1.47 bits per heavy atom. The van der Waals surface area contributed by atoms with Gasteiger partial charge in [-0.15, -0.1) is 0 Å². The number of carbonyl (C=O) groups is 2. The molecule has 1 aliphatic heterocycles. The summed E-state index contributed by atoms with van der Waals surface area (Å²) in [4.78, 5) is 24.6. The quantitative estimate of drug-likeness (QED) is 0.800. The van der Waals surface area contributed by atoms with Crippen molar-refractivity contribution in [3.05, 3.63) is 35.6 Å². The molecule has 1 aromatic carbocycles. The van der Waals surface area contributed by atoms with Crippen molar-refractivity contribution < 1.29 is 14.0 Å². The van der Waals surface area contributed by atoms with Crippen molar-refractivity contribution in [1.29, 1.82) is 0 Å². The molecule has 2 amide bonds. The van der Waals surface area contributed by atoms with Crippen molar-refractivity contribution in [3.63, 3.8) is 0 Å². The average molecular weight is 265 g/mol. The lowest BCUT2D eigenvalue weighted by Crippen LogP contribution is -2.58. The molecule has 0 aromatic heterocycles. The highest BCUT2D eigenvalue weighted by atomic mass is 19.1. The molecule has 1 aromatic rings. The van der Waals surface area contributed by atoms with E-state index in [1.165, 1.54) is 11.0 Å². The second kappa shape index (κ2) is 5.79. The van der Waals surface area contributed by atoms with Crippen LogP contribution in [0.2, 0.25) is 0 Å². The summed E-state index contributed by atoms with van der Waals surface area (Å²) in [6.45, 7) is 0.598. The van der Waals surface area contributed by atoms with Crippen LogP contribution in [0, 0.1) is 5.82 Å². The summed E-state index contributed by atoms with van der Waals surface area (Å²) in [5, 5.41) is 5.47. The molecule has 0 saturated carbocycles. The molecule has 1 aliphatic rings. The van der Waals surface area contributed by atoms with Crippen LogP contribution in [0.5, 0.6) is 0 Å². The molecule has 6 heteroatoms. The topological polar surface area (TPSA) is 61.4 Å². The number of hydrogen-bond donors (Lipinski definition) is 2. The number of rotatable bonds is 3. The fourth-order valence-electron chi connectivity index (χ4n) is 1.97. The first kappa shape index (κ1) is 13.5. The maximum Gasteiger partial charge on any atom is 0.241 e. The number of nitrogens with one attached hydrogen (secondary N) is 2. The Labute approximate surface area is 110 Å². The number of nitrogens with zero attached hydrogens (tertiary/aromatic N) is 1. The monoisotopic (exact) mass is 265 g/mol. The van der Waals surface area contributed by atoms with E-state index >= 15 is 0 Å². The molecule has 2 N–H and O–H groups in total. The van der Waals surface area contributed by atoms with E-state index in [0.29, 0.717) is 5.56 Å². The van der Waals surface area contributed by atoms with Crippen molar-refractivity contribution in [2.24, 2.45) is 0 Å². The van der Waals surface area contributed by atoms with Gasteiger partial charge in [-0.1, -0.05) is 18.2 Å². The minimum absolute atomic E-state index is 0.124. The summed E-state index contributed by atoms with van der Waals surface area (Å²) in [6, 6.07) is 5.91. The number of amides is 2. The third-order valence-electron chi connectivity index (χ3n) is 3.05. The fraction of sp³-hybridized carbons (Fsp3) is 0.385. The summed E-state index contributed by atoms with van der Waals surface area (Å²) in [7, 11) is 1.62. The molecule has 102 valence electrons. The van der Waals surface area contributed by atoms with Gasteiger partial charge >= 0.3 is 0 Å². The van der Waals surface area contributed by atoms with Crippen molar-refractivity contribution in [3.8, 4) is 0 Å². The number of benzene rings is 1. The highest BCUT2D eigenvalue weighted by Crippen LogP contribution is 2.09. The number of carbonyl (C=O) groups excluding carboxylic acids is 2. The van der Waals surface area contributed by atoms with Crippen LogP contribution >= 0.6 is 0 Å². The minimum atomic E-state index is -0.450. The van der Waals surface area contributed by atoms with Crippen molar-refractivity contribution in [2.45, 2.75) is 12.6 Å². The predicted octanol–water partition coefficient (Wildman–Crippen LogP) is -0.128. The van der Waals surface area contributed by atoms with Gasteiger partial charge in [-0.3, -0.25) is 14.9 Å². The predicted molar refractivity (Wildman–Crippen MR) is 67.7 cm³/mol. The Morgan fingerprint density at radius 2 is 2.21 bits per heavy atom. The van der Waals surface area contributed by atoms with E-state index in [1.807, 2.05) is 0 Å². The number of piperazine rings is 1. The molecule has 19 heavy (non-hydrogen) atoms. The largest absolute Gasteiger partial charge is 0.353 e. The van der Waals surface area contributed by atoms with Crippen molar-refractivity contribution >= 4 is 11.8 Å². The molecular formula is C13H16FN3O2. The Hall–Kier alpha value is -1.95. The van der Waals surface area contributed by atoms with Gasteiger partial charge in [-0.2, -0.15) is 0 Å². The molecular weight excluding hydrogens is 249 g/mol. The minimum Gasteiger partial charge on any atom is -0.353 e. The fourth-order valence-corrected chi connectivity index (χ4v) is 1.97. The second-order valence-corrected chi connectivity index (χ2v) is 4.52. The standard InChI is InChI=1S/C13H16FN3O2/c1-17(8-9-4-2-3-5-10(9)14)13(19)11-6-16-12(18)7-15-11/h2-5,11,15H,6-8H2,1H3,(H,16,18). The molecule has 0 radical (unpaired) electrons. The molecule has 1 unspecified atom stereocenters. The number of likely N-dealkylation sites (N-methyl/N-ethyl adjacent to an activating group) is 1. The number of halogens is 1. The maximum atomic E-state index is 13.5. The molecule has 0 spiro atoms. The highest BCUT2D eigenvalue weighted by Gasteiger charge is 2.26. The maximum absolute atomic E-state index is 13.5. The zero-order valence-corrected chi connectivity index (χ0v) is 10.6. The Bertz CT molecular complexity index is 483. The third kappa shape index (κ3) is 3.29. The van der Waals surface area contributed by atoms with Crippen LogP contribution < -0.4 is 10.6 Å². The molecule has 1 saturated heterocycles. The van der Waals surface area contributed by atoms with Crippen molar-refractivity contribution in [1.82, 2.24) is 15.5 Å². The third-order valence-corrected chi connectivity index (χ3v) is 3.05. The van der Waals surface area contributed by atoms with Gasteiger partial charge in [-0.25, -0.2) is 4.39 Å². The van der Waals surface area contributed by atoms with Gasteiger partial charge in [0.25, 0.3) is 0 Å². The van der Waals surface area contributed by atoms with E-state index in [-0.39, 0.29) is 37.3 Å².